The number of phenolic OH excluding ortho intramolecular Hbond substituents is 1. The number of hydrogen-bond acceptors (Lipinski definition) is 3. The lowest BCUT2D eigenvalue weighted by molar-refractivity contribution is 0.122. The molecule has 0 heterocycles. The third-order valence-electron chi connectivity index (χ3n) is 5.05. The van der Waals surface area contributed by atoms with Crippen molar-refractivity contribution in [3.05, 3.63) is 59.7 Å². The van der Waals surface area contributed by atoms with E-state index in [-0.39, 0.29) is 11.2 Å². The molecule has 0 aliphatic carbocycles. The fourth-order valence-electron chi connectivity index (χ4n) is 2.52. The van der Waals surface area contributed by atoms with Crippen LogP contribution in [0.5, 0.6) is 11.5 Å². The second kappa shape index (κ2) is 14.9. The molecule has 0 saturated heterocycles. The summed E-state index contributed by atoms with van der Waals surface area (Å²) in [7, 11) is 0. The number of benzene rings is 2. The number of rotatable bonds is 7. The van der Waals surface area contributed by atoms with E-state index in [1.807, 2.05) is 36.4 Å². The maximum absolute atomic E-state index is 9.40. The van der Waals surface area contributed by atoms with Crippen LogP contribution in [0.1, 0.15) is 86.3 Å². The SMILES string of the molecule is CC(C)C.CC(O)COc1ccc(C(C)(C)c2ccc(O)cc2)cc1.CCC(C)CC. The Morgan fingerprint density at radius 1 is 0.774 bits per heavy atom. The fraction of sp³-hybridized carbons (Fsp3) is 0.571. The molecule has 2 aromatic carbocycles. The van der Waals surface area contributed by atoms with Crippen molar-refractivity contribution in [2.45, 2.75) is 86.7 Å². The minimum atomic E-state index is -0.474. The molecule has 0 fully saturated rings. The molecule has 3 nitrogen and oxygen atoms in total. The van der Waals surface area contributed by atoms with Gasteiger partial charge in [-0.1, -0.05) is 92.5 Å². The van der Waals surface area contributed by atoms with Gasteiger partial charge in [-0.2, -0.15) is 0 Å². The van der Waals surface area contributed by atoms with E-state index < -0.39 is 6.10 Å². The molecule has 0 saturated carbocycles. The van der Waals surface area contributed by atoms with Crippen molar-refractivity contribution in [1.82, 2.24) is 0 Å². The van der Waals surface area contributed by atoms with Gasteiger partial charge in [-0.05, 0) is 54.2 Å². The van der Waals surface area contributed by atoms with Crippen molar-refractivity contribution in [3.8, 4) is 11.5 Å². The van der Waals surface area contributed by atoms with Gasteiger partial charge >= 0.3 is 0 Å². The number of aliphatic hydroxyl groups is 1. The zero-order chi connectivity index (χ0) is 24.0. The summed E-state index contributed by atoms with van der Waals surface area (Å²) in [4.78, 5) is 0. The van der Waals surface area contributed by atoms with Crippen LogP contribution < -0.4 is 4.74 Å². The number of hydrogen-bond donors (Lipinski definition) is 2. The Hall–Kier alpha value is -2.00. The molecule has 0 spiro atoms. The van der Waals surface area contributed by atoms with E-state index in [9.17, 15) is 10.2 Å². The summed E-state index contributed by atoms with van der Waals surface area (Å²) in [5, 5.41) is 18.6. The molecule has 2 aromatic rings. The van der Waals surface area contributed by atoms with Gasteiger partial charge in [0.05, 0.1) is 6.10 Å². The maximum atomic E-state index is 9.40. The van der Waals surface area contributed by atoms with Crippen LogP contribution in [0.25, 0.3) is 0 Å². The van der Waals surface area contributed by atoms with Gasteiger partial charge in [0.2, 0.25) is 0 Å². The molecule has 0 aliphatic heterocycles. The second-order valence-corrected chi connectivity index (χ2v) is 9.51. The number of phenols is 1. The molecule has 31 heavy (non-hydrogen) atoms. The van der Waals surface area contributed by atoms with Crippen molar-refractivity contribution in [1.29, 1.82) is 0 Å². The first-order valence-corrected chi connectivity index (χ1v) is 11.6. The highest BCUT2D eigenvalue weighted by atomic mass is 16.5. The van der Waals surface area contributed by atoms with Crippen LogP contribution in [0.15, 0.2) is 48.5 Å². The van der Waals surface area contributed by atoms with Crippen molar-refractivity contribution in [2.75, 3.05) is 6.61 Å². The van der Waals surface area contributed by atoms with E-state index in [1.54, 1.807) is 19.1 Å². The second-order valence-electron chi connectivity index (χ2n) is 9.51. The van der Waals surface area contributed by atoms with E-state index in [0.717, 1.165) is 28.7 Å². The van der Waals surface area contributed by atoms with E-state index >= 15 is 0 Å². The van der Waals surface area contributed by atoms with Crippen LogP contribution in [0.4, 0.5) is 0 Å². The Bertz CT molecular complexity index is 678. The third-order valence-corrected chi connectivity index (χ3v) is 5.05. The Morgan fingerprint density at radius 3 is 1.48 bits per heavy atom. The molecule has 2 rings (SSSR count). The van der Waals surface area contributed by atoms with Crippen LogP contribution in [0, 0.1) is 11.8 Å². The molecule has 0 aliphatic rings. The molecular formula is C28H46O3. The minimum absolute atomic E-state index is 0.156. The molecule has 0 bridgehead atoms. The fourth-order valence-corrected chi connectivity index (χ4v) is 2.52. The molecule has 176 valence electrons. The summed E-state index contributed by atoms with van der Waals surface area (Å²) < 4.78 is 5.47. The summed E-state index contributed by atoms with van der Waals surface area (Å²) in [6.07, 6.45) is 2.19. The zero-order valence-corrected chi connectivity index (χ0v) is 21.3. The summed E-state index contributed by atoms with van der Waals surface area (Å²) >= 11 is 0. The van der Waals surface area contributed by atoms with Crippen LogP contribution in [0.2, 0.25) is 0 Å². The first kappa shape index (κ1) is 29.0. The van der Waals surface area contributed by atoms with E-state index in [4.69, 9.17) is 4.74 Å². The quantitative estimate of drug-likeness (QED) is 0.476. The Kier molecular flexibility index (Phi) is 13.9. The summed E-state index contributed by atoms with van der Waals surface area (Å²) in [6, 6.07) is 15.2. The van der Waals surface area contributed by atoms with E-state index in [2.05, 4.69) is 55.4 Å². The number of aromatic hydroxyl groups is 1. The highest BCUT2D eigenvalue weighted by molar-refractivity contribution is 5.41. The van der Waals surface area contributed by atoms with Crippen LogP contribution in [-0.2, 0) is 5.41 Å². The predicted octanol–water partition coefficient (Wildman–Crippen LogP) is 7.58. The van der Waals surface area contributed by atoms with Crippen LogP contribution in [0.3, 0.4) is 0 Å². The molecule has 0 aromatic heterocycles. The number of aliphatic hydroxyl groups excluding tert-OH is 1. The van der Waals surface area contributed by atoms with Gasteiger partial charge in [0.25, 0.3) is 0 Å². The average molecular weight is 431 g/mol. The lowest BCUT2D eigenvalue weighted by Crippen LogP contribution is -2.18. The first-order chi connectivity index (χ1) is 14.4. The normalized spacial score (nSPS) is 11.9. The van der Waals surface area contributed by atoms with Gasteiger partial charge in [-0.25, -0.2) is 0 Å². The molecule has 2 N–H and O–H groups in total. The highest BCUT2D eigenvalue weighted by Gasteiger charge is 2.23. The molecule has 1 unspecified atom stereocenters. The largest absolute Gasteiger partial charge is 0.508 e. The average Bonchev–Trinajstić information content (AvgIpc) is 2.72. The number of ether oxygens (including phenoxy) is 1. The van der Waals surface area contributed by atoms with Crippen molar-refractivity contribution < 1.29 is 14.9 Å². The first-order valence-electron chi connectivity index (χ1n) is 11.6. The van der Waals surface area contributed by atoms with Crippen LogP contribution >= 0.6 is 0 Å². The van der Waals surface area contributed by atoms with Crippen molar-refractivity contribution in [3.63, 3.8) is 0 Å². The van der Waals surface area contributed by atoms with Crippen LogP contribution in [-0.4, -0.2) is 22.9 Å². The van der Waals surface area contributed by atoms with Gasteiger partial charge < -0.3 is 14.9 Å². The molecular weight excluding hydrogens is 384 g/mol. The molecule has 3 heteroatoms. The maximum Gasteiger partial charge on any atom is 0.119 e. The van der Waals surface area contributed by atoms with Gasteiger partial charge in [0, 0.05) is 5.41 Å². The van der Waals surface area contributed by atoms with E-state index in [1.165, 1.54) is 12.8 Å². The summed E-state index contributed by atoms with van der Waals surface area (Å²) in [6.45, 7) is 19.5. The predicted molar refractivity (Wildman–Crippen MR) is 134 cm³/mol. The van der Waals surface area contributed by atoms with E-state index in [0.29, 0.717) is 6.61 Å². The van der Waals surface area contributed by atoms with Gasteiger partial charge in [-0.3, -0.25) is 0 Å². The highest BCUT2D eigenvalue weighted by Crippen LogP contribution is 2.33. The summed E-state index contributed by atoms with van der Waals surface area (Å²) in [5.74, 6) is 2.79. The smallest absolute Gasteiger partial charge is 0.119 e. The topological polar surface area (TPSA) is 49.7 Å². The van der Waals surface area contributed by atoms with Gasteiger partial charge in [0.15, 0.2) is 0 Å². The lowest BCUT2D eigenvalue weighted by Gasteiger charge is -2.26. The zero-order valence-electron chi connectivity index (χ0n) is 21.3. The standard InChI is InChI=1S/C18H22O3.C6H14.C4H10/c1-13(19)12-21-17-10-6-15(7-11-17)18(2,3)14-4-8-16(20)9-5-14;1-4-6(3)5-2;1-4(2)3/h4-11,13,19-20H,12H2,1-3H3;6H,4-5H2,1-3H3;4H,1-3H3. The van der Waals surface area contributed by atoms with Gasteiger partial charge in [-0.15, -0.1) is 0 Å². The third kappa shape index (κ3) is 12.4. The molecule has 0 amide bonds. The monoisotopic (exact) mass is 430 g/mol. The summed E-state index contributed by atoms with van der Waals surface area (Å²) in [5.41, 5.74) is 2.15. The Labute approximate surface area is 191 Å². The van der Waals surface area contributed by atoms with Crippen molar-refractivity contribution >= 4 is 0 Å². The molecule has 0 radical (unpaired) electrons. The Balaban J connectivity index is 0.000000753. The lowest BCUT2D eigenvalue weighted by atomic mass is 9.78. The van der Waals surface area contributed by atoms with Gasteiger partial charge in [0.1, 0.15) is 18.1 Å². The Morgan fingerprint density at radius 2 is 1.16 bits per heavy atom. The minimum Gasteiger partial charge on any atom is -0.508 e. The van der Waals surface area contributed by atoms with Crippen molar-refractivity contribution in [2.24, 2.45) is 11.8 Å². The molecule has 1 atom stereocenters.